The molecule has 2 aliphatic rings. The van der Waals surface area contributed by atoms with Crippen molar-refractivity contribution in [2.45, 2.75) is 45.1 Å². The van der Waals surface area contributed by atoms with Crippen LogP contribution < -0.4 is 10.2 Å². The summed E-state index contributed by atoms with van der Waals surface area (Å²) in [5.74, 6) is 0.921. The van der Waals surface area contributed by atoms with Crippen LogP contribution in [0.2, 0.25) is 0 Å². The Morgan fingerprint density at radius 3 is 2.89 bits per heavy atom. The number of carbonyl (C=O) groups is 1. The van der Waals surface area contributed by atoms with Crippen LogP contribution in [0.25, 0.3) is 22.3 Å². The molecule has 2 N–H and O–H groups in total. The van der Waals surface area contributed by atoms with Gasteiger partial charge in [0, 0.05) is 42.0 Å². The zero-order valence-corrected chi connectivity index (χ0v) is 16.4. The Balaban J connectivity index is 1.63. The number of anilines is 1. The van der Waals surface area contributed by atoms with E-state index >= 15 is 0 Å². The second kappa shape index (κ2) is 6.33. The minimum atomic E-state index is -0.00849. The first-order chi connectivity index (χ1) is 13.5. The maximum atomic E-state index is 12.2. The van der Waals surface area contributed by atoms with E-state index in [9.17, 15) is 4.79 Å². The number of para-hydroxylation sites is 1. The first-order valence-corrected chi connectivity index (χ1v) is 10.1. The molecule has 6 heteroatoms. The molecule has 1 saturated heterocycles. The molecule has 1 fully saturated rings. The molecule has 6 nitrogen and oxygen atoms in total. The van der Waals surface area contributed by atoms with Crippen molar-refractivity contribution in [3.63, 3.8) is 0 Å². The van der Waals surface area contributed by atoms with E-state index in [1.54, 1.807) is 0 Å². The molecule has 1 aromatic carbocycles. The summed E-state index contributed by atoms with van der Waals surface area (Å²) in [6.45, 7) is 6.24. The molecular weight excluding hydrogens is 350 g/mol. The van der Waals surface area contributed by atoms with Crippen molar-refractivity contribution in [2.24, 2.45) is 0 Å². The lowest BCUT2D eigenvalue weighted by Gasteiger charge is -2.43. The minimum Gasteiger partial charge on any atom is -0.358 e. The zero-order valence-electron chi connectivity index (χ0n) is 16.4. The molecule has 0 spiro atoms. The predicted molar refractivity (Wildman–Crippen MR) is 111 cm³/mol. The van der Waals surface area contributed by atoms with E-state index in [1.165, 1.54) is 12.8 Å². The van der Waals surface area contributed by atoms with E-state index in [4.69, 9.17) is 9.97 Å². The molecule has 28 heavy (non-hydrogen) atoms. The lowest BCUT2D eigenvalue weighted by atomic mass is 9.90. The molecule has 0 saturated carbocycles. The van der Waals surface area contributed by atoms with Crippen molar-refractivity contribution in [3.05, 3.63) is 41.7 Å². The molecule has 2 aliphatic heterocycles. The van der Waals surface area contributed by atoms with Crippen LogP contribution in [0.1, 0.15) is 49.2 Å². The number of H-pyrrole nitrogens is 1. The number of hydrogen-bond acceptors (Lipinski definition) is 4. The van der Waals surface area contributed by atoms with Crippen LogP contribution in [-0.2, 0) is 6.42 Å². The fraction of sp³-hybridized carbons (Fsp3) is 0.409. The van der Waals surface area contributed by atoms with Gasteiger partial charge < -0.3 is 15.2 Å². The van der Waals surface area contributed by atoms with E-state index in [-0.39, 0.29) is 11.4 Å². The third kappa shape index (κ3) is 2.75. The number of aromatic nitrogens is 3. The molecule has 4 heterocycles. The number of benzene rings is 1. The summed E-state index contributed by atoms with van der Waals surface area (Å²) < 4.78 is 0. The average molecular weight is 375 g/mol. The largest absolute Gasteiger partial charge is 0.358 e. The molecule has 0 bridgehead atoms. The highest BCUT2D eigenvalue weighted by Crippen LogP contribution is 2.34. The van der Waals surface area contributed by atoms with Crippen LogP contribution in [0.4, 0.5) is 5.82 Å². The average Bonchev–Trinajstić information content (AvgIpc) is 3.12. The number of aromatic amines is 1. The van der Waals surface area contributed by atoms with E-state index in [0.717, 1.165) is 58.8 Å². The first-order valence-electron chi connectivity index (χ1n) is 10.1. The van der Waals surface area contributed by atoms with Crippen molar-refractivity contribution < 1.29 is 4.79 Å². The van der Waals surface area contributed by atoms with E-state index in [0.29, 0.717) is 6.54 Å². The van der Waals surface area contributed by atoms with Gasteiger partial charge in [-0.2, -0.15) is 0 Å². The maximum Gasteiger partial charge on any atom is 0.253 e. The van der Waals surface area contributed by atoms with Crippen molar-refractivity contribution >= 4 is 22.8 Å². The van der Waals surface area contributed by atoms with E-state index in [2.05, 4.69) is 35.1 Å². The highest BCUT2D eigenvalue weighted by atomic mass is 16.1. The predicted octanol–water partition coefficient (Wildman–Crippen LogP) is 3.68. The summed E-state index contributed by atoms with van der Waals surface area (Å²) in [6, 6.07) is 7.98. The number of amides is 1. The summed E-state index contributed by atoms with van der Waals surface area (Å²) in [6.07, 6.45) is 6.32. The van der Waals surface area contributed by atoms with Crippen molar-refractivity contribution in [2.75, 3.05) is 18.0 Å². The summed E-state index contributed by atoms with van der Waals surface area (Å²) in [4.78, 5) is 27.7. The van der Waals surface area contributed by atoms with Crippen LogP contribution in [0, 0.1) is 0 Å². The number of hydrogen-bond donors (Lipinski definition) is 2. The van der Waals surface area contributed by atoms with Crippen LogP contribution in [0.5, 0.6) is 0 Å². The number of carbonyl (C=O) groups excluding carboxylic acids is 1. The molecule has 1 amide bonds. The molecule has 0 radical (unpaired) electrons. The van der Waals surface area contributed by atoms with Gasteiger partial charge in [-0.15, -0.1) is 0 Å². The molecule has 0 unspecified atom stereocenters. The molecule has 5 rings (SSSR count). The summed E-state index contributed by atoms with van der Waals surface area (Å²) in [5, 5.41) is 2.91. The summed E-state index contributed by atoms with van der Waals surface area (Å²) in [5.41, 5.74) is 5.48. The van der Waals surface area contributed by atoms with Gasteiger partial charge in [0.05, 0.1) is 17.3 Å². The van der Waals surface area contributed by atoms with E-state index < -0.39 is 0 Å². The standard InChI is InChI=1S/C22H25N5O/c1-22(2)9-3-4-11-27(22)19-13-24-17-7-5-6-14(20(17)26-19)18-12-15-16(25-18)8-10-23-21(15)28/h5-7,12-13,25H,3-4,8-11H2,1-2H3,(H,23,28). The highest BCUT2D eigenvalue weighted by Gasteiger charge is 2.31. The van der Waals surface area contributed by atoms with Gasteiger partial charge in [-0.3, -0.25) is 9.78 Å². The summed E-state index contributed by atoms with van der Waals surface area (Å²) >= 11 is 0. The first kappa shape index (κ1) is 17.2. The summed E-state index contributed by atoms with van der Waals surface area (Å²) in [7, 11) is 0. The Bertz CT molecular complexity index is 1070. The Kier molecular flexibility index (Phi) is 3.89. The number of fused-ring (bicyclic) bond motifs is 2. The third-order valence-corrected chi connectivity index (χ3v) is 6.08. The third-order valence-electron chi connectivity index (χ3n) is 6.08. The lowest BCUT2D eigenvalue weighted by Crippen LogP contribution is -2.48. The van der Waals surface area contributed by atoms with Crippen molar-refractivity contribution in [1.29, 1.82) is 0 Å². The SMILES string of the molecule is CC1(C)CCCCN1c1cnc2cccc(-c3cc4c([nH]3)CCNC4=O)c2n1. The lowest BCUT2D eigenvalue weighted by molar-refractivity contribution is 0.0946. The molecule has 2 aromatic heterocycles. The van der Waals surface area contributed by atoms with Crippen molar-refractivity contribution in [1.82, 2.24) is 20.3 Å². The van der Waals surface area contributed by atoms with Gasteiger partial charge in [0.25, 0.3) is 5.91 Å². The number of piperidine rings is 1. The van der Waals surface area contributed by atoms with Crippen LogP contribution in [-0.4, -0.2) is 39.5 Å². The Morgan fingerprint density at radius 1 is 1.18 bits per heavy atom. The number of nitrogens with zero attached hydrogens (tertiary/aromatic N) is 3. The maximum absolute atomic E-state index is 12.2. The van der Waals surface area contributed by atoms with Gasteiger partial charge in [0.2, 0.25) is 0 Å². The molecule has 144 valence electrons. The monoisotopic (exact) mass is 375 g/mol. The zero-order chi connectivity index (χ0) is 19.3. The van der Waals surface area contributed by atoms with E-state index in [1.807, 2.05) is 24.4 Å². The van der Waals surface area contributed by atoms with Gasteiger partial charge in [-0.05, 0) is 45.2 Å². The van der Waals surface area contributed by atoms with Crippen LogP contribution in [0.15, 0.2) is 30.5 Å². The normalized spacial score (nSPS) is 18.8. The fourth-order valence-corrected chi connectivity index (χ4v) is 4.50. The van der Waals surface area contributed by atoms with Crippen molar-refractivity contribution in [3.8, 4) is 11.3 Å². The quantitative estimate of drug-likeness (QED) is 0.717. The second-order valence-electron chi connectivity index (χ2n) is 8.40. The Morgan fingerprint density at radius 2 is 2.07 bits per heavy atom. The van der Waals surface area contributed by atoms with Gasteiger partial charge in [-0.1, -0.05) is 12.1 Å². The number of rotatable bonds is 2. The second-order valence-corrected chi connectivity index (χ2v) is 8.40. The topological polar surface area (TPSA) is 73.9 Å². The fourth-order valence-electron chi connectivity index (χ4n) is 4.50. The molecule has 0 aliphatic carbocycles. The van der Waals surface area contributed by atoms with Gasteiger partial charge >= 0.3 is 0 Å². The van der Waals surface area contributed by atoms with Crippen LogP contribution >= 0.6 is 0 Å². The molecular formula is C22H25N5O. The van der Waals surface area contributed by atoms with Crippen LogP contribution in [0.3, 0.4) is 0 Å². The Labute approximate surface area is 164 Å². The number of nitrogens with one attached hydrogen (secondary N) is 2. The van der Waals surface area contributed by atoms with Gasteiger partial charge in [-0.25, -0.2) is 4.98 Å². The van der Waals surface area contributed by atoms with Gasteiger partial charge in [0.15, 0.2) is 0 Å². The Hall–Kier alpha value is -2.89. The van der Waals surface area contributed by atoms with Gasteiger partial charge in [0.1, 0.15) is 11.3 Å². The minimum absolute atomic E-state index is 0.00849. The highest BCUT2D eigenvalue weighted by molar-refractivity contribution is 5.99. The molecule has 3 aromatic rings. The smallest absolute Gasteiger partial charge is 0.253 e. The molecule has 0 atom stereocenters.